The number of alkyl halides is 16. The van der Waals surface area contributed by atoms with Gasteiger partial charge in [0.15, 0.2) is 11.3 Å². The maximum atomic E-state index is 12.5. The Morgan fingerprint density at radius 1 is 0.250 bits per heavy atom. The van der Waals surface area contributed by atoms with Crippen molar-refractivity contribution in [3.05, 3.63) is 142 Å². The van der Waals surface area contributed by atoms with E-state index in [1.54, 1.807) is 24.3 Å². The molecule has 0 aliphatic rings. The molecule has 48 heavy (non-hydrogen) atoms. The van der Waals surface area contributed by atoms with E-state index >= 15 is 0 Å². The van der Waals surface area contributed by atoms with Crippen LogP contribution in [0.4, 0.5) is 43.9 Å². The monoisotopic (exact) mass is 808 g/mol. The van der Waals surface area contributed by atoms with Gasteiger partial charge >= 0.3 is 0 Å². The van der Waals surface area contributed by atoms with Crippen LogP contribution in [0.5, 0.6) is 0 Å². The fraction of sp³-hybridized carbons (Fsp3) is 0.250. The zero-order chi connectivity index (χ0) is 36.6. The van der Waals surface area contributed by atoms with Gasteiger partial charge in [-0.1, -0.05) is 120 Å². The zero-order valence-electron chi connectivity index (χ0n) is 23.9. The largest absolute Gasteiger partial charge is 0.263 e. The lowest BCUT2D eigenvalue weighted by Gasteiger charge is -2.03. The van der Waals surface area contributed by atoms with Crippen LogP contribution in [0.2, 0.25) is 0 Å². The molecule has 0 amide bonds. The summed E-state index contributed by atoms with van der Waals surface area (Å²) in [6.45, 7) is 0. The first-order valence-electron chi connectivity index (χ1n) is 13.1. The summed E-state index contributed by atoms with van der Waals surface area (Å²) in [6, 6.07) is 20.9. The molecule has 0 aliphatic carbocycles. The second-order valence-electron chi connectivity index (χ2n) is 9.07. The summed E-state index contributed by atoms with van der Waals surface area (Å²) < 4.78 is 120. The lowest BCUT2D eigenvalue weighted by Crippen LogP contribution is -1.87. The minimum absolute atomic E-state index is 0.0206. The standard InChI is InChI=1S/C8H6Cl3F.C8H6Cl2F2.C8H6ClF3.C8H6F4/c3*9-7(10)5-1-3-6(4-2-5)8(11)12;9-7(10)5-1-2-6(4-3-5)8(11)12/h4*1-4,7-8H. The van der Waals surface area contributed by atoms with Crippen molar-refractivity contribution in [1.82, 2.24) is 0 Å². The molecular formula is C32H24Cl6F10. The van der Waals surface area contributed by atoms with Crippen LogP contribution in [0, 0.1) is 0 Å². The summed E-state index contributed by atoms with van der Waals surface area (Å²) in [4.78, 5) is -1.23. The van der Waals surface area contributed by atoms with E-state index in [1.165, 1.54) is 36.4 Å². The van der Waals surface area contributed by atoms with Crippen LogP contribution in [-0.4, -0.2) is 0 Å². The van der Waals surface area contributed by atoms with Crippen molar-refractivity contribution in [2.45, 2.75) is 46.6 Å². The summed E-state index contributed by atoms with van der Waals surface area (Å²) in [6.07, 6.45) is -10.2. The molecule has 0 aliphatic heterocycles. The zero-order valence-corrected chi connectivity index (χ0v) is 28.4. The Bertz CT molecular complexity index is 1090. The van der Waals surface area contributed by atoms with Crippen LogP contribution in [0.25, 0.3) is 0 Å². The molecule has 0 bridgehead atoms. The molecule has 4 aromatic rings. The molecule has 0 N–H and O–H groups in total. The normalized spacial score (nSPS) is 12.3. The molecule has 16 heteroatoms. The first-order chi connectivity index (χ1) is 22.4. The van der Waals surface area contributed by atoms with Crippen LogP contribution >= 0.6 is 69.6 Å². The smallest absolute Gasteiger partial charge is 0.225 e. The first-order valence-corrected chi connectivity index (χ1v) is 15.7. The maximum Gasteiger partial charge on any atom is 0.263 e. The number of halogens is 16. The van der Waals surface area contributed by atoms with E-state index in [2.05, 4.69) is 0 Å². The van der Waals surface area contributed by atoms with Crippen molar-refractivity contribution in [3.63, 3.8) is 0 Å². The van der Waals surface area contributed by atoms with Gasteiger partial charge in [0.25, 0.3) is 25.7 Å². The molecule has 0 spiro atoms. The van der Waals surface area contributed by atoms with Gasteiger partial charge in [-0.2, -0.15) is 0 Å². The van der Waals surface area contributed by atoms with E-state index in [4.69, 9.17) is 69.6 Å². The van der Waals surface area contributed by atoms with Gasteiger partial charge in [-0.25, -0.2) is 43.9 Å². The van der Waals surface area contributed by atoms with Gasteiger partial charge < -0.3 is 0 Å². The molecular weight excluding hydrogens is 787 g/mol. The topological polar surface area (TPSA) is 0 Å². The fourth-order valence-electron chi connectivity index (χ4n) is 3.15. The molecule has 0 radical (unpaired) electrons. The summed E-state index contributed by atoms with van der Waals surface area (Å²) >= 11 is 32.5. The minimum atomic E-state index is -2.60. The highest BCUT2D eigenvalue weighted by molar-refractivity contribution is 6.44. The van der Waals surface area contributed by atoms with Crippen molar-refractivity contribution in [2.24, 2.45) is 0 Å². The van der Waals surface area contributed by atoms with Gasteiger partial charge in [0.2, 0.25) is 0 Å². The predicted octanol–water partition coefficient (Wildman–Crippen LogP) is 15.9. The van der Waals surface area contributed by atoms with Crippen LogP contribution < -0.4 is 0 Å². The van der Waals surface area contributed by atoms with Gasteiger partial charge in [-0.3, -0.25) is 0 Å². The Balaban J connectivity index is 0.000000320. The van der Waals surface area contributed by atoms with Crippen LogP contribution in [-0.2, 0) is 0 Å². The van der Waals surface area contributed by atoms with Gasteiger partial charge in [0.1, 0.15) is 9.67 Å². The molecule has 4 rings (SSSR count). The third-order valence-corrected chi connectivity index (χ3v) is 7.27. The second kappa shape index (κ2) is 22.6. The molecule has 264 valence electrons. The highest BCUT2D eigenvalue weighted by atomic mass is 35.5. The summed E-state index contributed by atoms with van der Waals surface area (Å²) in [5.41, 5.74) is -1.75. The maximum absolute atomic E-state index is 12.5. The third-order valence-electron chi connectivity index (χ3n) is 5.76. The Labute approximate surface area is 300 Å². The summed E-state index contributed by atoms with van der Waals surface area (Å²) in [5.74, 6) is 0. The quantitative estimate of drug-likeness (QED) is 0.123. The number of hydrogen-bond acceptors (Lipinski definition) is 0. The average molecular weight is 811 g/mol. The van der Waals surface area contributed by atoms with E-state index in [9.17, 15) is 43.9 Å². The summed E-state index contributed by atoms with van der Waals surface area (Å²) in [7, 11) is 0. The predicted molar refractivity (Wildman–Crippen MR) is 174 cm³/mol. The van der Waals surface area contributed by atoms with E-state index in [1.807, 2.05) is 0 Å². The number of hydrogen-bond donors (Lipinski definition) is 0. The lowest BCUT2D eigenvalue weighted by atomic mass is 10.1. The molecule has 2 unspecified atom stereocenters. The fourth-order valence-corrected chi connectivity index (χ4v) is 4.02. The van der Waals surface area contributed by atoms with Crippen LogP contribution in [0.1, 0.15) is 91.1 Å². The van der Waals surface area contributed by atoms with Gasteiger partial charge in [-0.05, 0) is 11.1 Å². The minimum Gasteiger partial charge on any atom is -0.225 e. The van der Waals surface area contributed by atoms with Crippen molar-refractivity contribution < 1.29 is 43.9 Å². The van der Waals surface area contributed by atoms with Crippen molar-refractivity contribution in [2.75, 3.05) is 0 Å². The van der Waals surface area contributed by atoms with Gasteiger partial charge in [0.05, 0.1) is 0 Å². The van der Waals surface area contributed by atoms with Crippen LogP contribution in [0.15, 0.2) is 97.1 Å². The Kier molecular flexibility index (Phi) is 20.7. The van der Waals surface area contributed by atoms with Gasteiger partial charge in [-0.15, -0.1) is 46.4 Å². The molecule has 4 aromatic carbocycles. The van der Waals surface area contributed by atoms with E-state index in [-0.39, 0.29) is 27.8 Å². The lowest BCUT2D eigenvalue weighted by molar-refractivity contribution is 0.147. The average Bonchev–Trinajstić information content (AvgIpc) is 3.05. The Morgan fingerprint density at radius 2 is 0.396 bits per heavy atom. The molecule has 0 heterocycles. The number of benzene rings is 4. The molecule has 0 fully saturated rings. The highest BCUT2D eigenvalue weighted by Crippen LogP contribution is 2.29. The first kappa shape index (κ1) is 43.9. The summed E-state index contributed by atoms with van der Waals surface area (Å²) in [5, 5.41) is 0. The molecule has 0 saturated heterocycles. The van der Waals surface area contributed by atoms with Gasteiger partial charge in [0, 0.05) is 33.4 Å². The van der Waals surface area contributed by atoms with Crippen molar-refractivity contribution in [3.8, 4) is 0 Å². The van der Waals surface area contributed by atoms with E-state index in [0.717, 1.165) is 42.0 Å². The Hall–Kier alpha value is -2.08. The van der Waals surface area contributed by atoms with Crippen molar-refractivity contribution >= 4 is 69.6 Å². The van der Waals surface area contributed by atoms with E-state index in [0.29, 0.717) is 11.1 Å². The third kappa shape index (κ3) is 16.5. The van der Waals surface area contributed by atoms with Crippen LogP contribution in [0.3, 0.4) is 0 Å². The van der Waals surface area contributed by atoms with E-state index < -0.39 is 46.6 Å². The molecule has 2 atom stereocenters. The number of rotatable bonds is 8. The molecule has 0 nitrogen and oxygen atoms in total. The van der Waals surface area contributed by atoms with Crippen molar-refractivity contribution in [1.29, 1.82) is 0 Å². The SMILES string of the molecule is FC(Cl)c1ccc(C(Cl)Cl)cc1.FC(F)c1ccc(C(Cl)Cl)cc1.FC(F)c1ccc(C(F)Cl)cc1.FC(F)c1ccc(C(F)F)cc1. The Morgan fingerprint density at radius 3 is 0.521 bits per heavy atom. The molecule has 0 saturated carbocycles. The second-order valence-corrected chi connectivity index (χ2v) is 12.0. The molecule has 0 aromatic heterocycles. The highest BCUT2D eigenvalue weighted by Gasteiger charge is 2.11.